The largest absolute Gasteiger partial charge is 0.379 e. The van der Waals surface area contributed by atoms with Crippen LogP contribution in [-0.2, 0) is 19.0 Å². The van der Waals surface area contributed by atoms with E-state index in [1.807, 2.05) is 34.7 Å². The molecule has 1 unspecified atom stereocenters. The summed E-state index contributed by atoms with van der Waals surface area (Å²) < 4.78 is 16.5. The number of carbonyl (C=O) groups is 1. The van der Waals surface area contributed by atoms with Gasteiger partial charge in [-0.05, 0) is 26.4 Å². The summed E-state index contributed by atoms with van der Waals surface area (Å²) in [5, 5.41) is 5.85. The maximum atomic E-state index is 11.5. The topological polar surface area (TPSA) is 68.8 Å². The van der Waals surface area contributed by atoms with Gasteiger partial charge >= 0.3 is 0 Å². The molecule has 28 heavy (non-hydrogen) atoms. The second kappa shape index (κ2) is 24.6. The molecule has 2 N–H and O–H groups in total. The highest BCUT2D eigenvalue weighted by molar-refractivity contribution is 8.68. The fourth-order valence-corrected chi connectivity index (χ4v) is 2.75. The third-order valence-electron chi connectivity index (χ3n) is 3.13. The van der Waals surface area contributed by atoms with Crippen molar-refractivity contribution in [3.05, 3.63) is 0 Å². The highest BCUT2D eigenvalue weighted by Gasteiger charge is 2.07. The first kappa shape index (κ1) is 29.8. The Morgan fingerprint density at radius 3 is 2.36 bits per heavy atom. The van der Waals surface area contributed by atoms with Crippen LogP contribution in [0.25, 0.3) is 0 Å². The number of hydrogen-bond acceptors (Lipinski definition) is 7. The van der Waals surface area contributed by atoms with Gasteiger partial charge in [-0.3, -0.25) is 4.79 Å². The van der Waals surface area contributed by atoms with Crippen LogP contribution in [0.15, 0.2) is 0 Å². The zero-order valence-corrected chi connectivity index (χ0v) is 19.9. The Kier molecular flexibility index (Phi) is 26.2. The molecule has 0 saturated heterocycles. The molecule has 1 amide bonds. The molecule has 0 aliphatic rings. The molecular formula is C20H40N2O4S2. The van der Waals surface area contributed by atoms with E-state index in [1.165, 1.54) is 10.8 Å². The van der Waals surface area contributed by atoms with Crippen LogP contribution in [0.4, 0.5) is 0 Å². The van der Waals surface area contributed by atoms with Crippen LogP contribution in [0, 0.1) is 17.8 Å². The zero-order chi connectivity index (χ0) is 21.5. The predicted molar refractivity (Wildman–Crippen MR) is 123 cm³/mol. The summed E-state index contributed by atoms with van der Waals surface area (Å²) in [6.07, 6.45) is 2.35. The van der Waals surface area contributed by atoms with Crippen molar-refractivity contribution in [2.75, 3.05) is 53.2 Å². The minimum atomic E-state index is -0.0501. The maximum Gasteiger partial charge on any atom is 0.223 e. The van der Waals surface area contributed by atoms with E-state index in [-0.39, 0.29) is 11.3 Å². The number of rotatable bonds is 16. The molecule has 6 nitrogen and oxygen atoms in total. The van der Waals surface area contributed by atoms with Crippen molar-refractivity contribution in [2.45, 2.75) is 52.4 Å². The van der Waals surface area contributed by atoms with Gasteiger partial charge in [-0.2, -0.15) is 0 Å². The second-order valence-electron chi connectivity index (χ2n) is 5.88. The van der Waals surface area contributed by atoms with E-state index in [0.717, 1.165) is 19.4 Å². The Morgan fingerprint density at radius 1 is 1.11 bits per heavy atom. The Labute approximate surface area is 181 Å². The lowest BCUT2D eigenvalue weighted by Crippen LogP contribution is -2.25. The Morgan fingerprint density at radius 2 is 1.75 bits per heavy atom. The van der Waals surface area contributed by atoms with Gasteiger partial charge in [0.2, 0.25) is 5.91 Å². The van der Waals surface area contributed by atoms with E-state index in [0.29, 0.717) is 51.9 Å². The monoisotopic (exact) mass is 436 g/mol. The van der Waals surface area contributed by atoms with Gasteiger partial charge in [-0.25, -0.2) is 0 Å². The lowest BCUT2D eigenvalue weighted by Gasteiger charge is -2.14. The van der Waals surface area contributed by atoms with Gasteiger partial charge in [0, 0.05) is 12.3 Å². The first-order valence-electron chi connectivity index (χ1n) is 10.1. The molecule has 166 valence electrons. The molecular weight excluding hydrogens is 396 g/mol. The molecule has 8 heteroatoms. The van der Waals surface area contributed by atoms with Crippen molar-refractivity contribution in [3.63, 3.8) is 0 Å². The van der Waals surface area contributed by atoms with Gasteiger partial charge in [0.15, 0.2) is 0 Å². The van der Waals surface area contributed by atoms with Gasteiger partial charge in [0.1, 0.15) is 5.44 Å². The number of hydrogen-bond donors (Lipinski definition) is 3. The summed E-state index contributed by atoms with van der Waals surface area (Å²) in [5.74, 6) is 6.17. The van der Waals surface area contributed by atoms with Crippen molar-refractivity contribution < 1.29 is 19.0 Å². The number of ether oxygens (including phenoxy) is 3. The summed E-state index contributed by atoms with van der Waals surface area (Å²) in [4.78, 5) is 11.5. The number of amides is 1. The average Bonchev–Trinajstić information content (AvgIpc) is 2.70. The fourth-order valence-electron chi connectivity index (χ4n) is 1.82. The van der Waals surface area contributed by atoms with Crippen LogP contribution in [0.2, 0.25) is 0 Å². The number of thiol groups is 1. The smallest absolute Gasteiger partial charge is 0.223 e. The molecule has 0 radical (unpaired) electrons. The second-order valence-corrected chi connectivity index (χ2v) is 7.25. The van der Waals surface area contributed by atoms with Crippen LogP contribution in [-0.4, -0.2) is 64.5 Å². The Hall–Kier alpha value is -0.430. The van der Waals surface area contributed by atoms with E-state index in [2.05, 4.69) is 34.1 Å². The normalized spacial score (nSPS) is 11.2. The molecule has 0 rings (SSSR count). The third-order valence-corrected chi connectivity index (χ3v) is 4.44. The van der Waals surface area contributed by atoms with Crippen molar-refractivity contribution in [2.24, 2.45) is 5.92 Å². The van der Waals surface area contributed by atoms with E-state index in [9.17, 15) is 4.79 Å². The summed E-state index contributed by atoms with van der Waals surface area (Å²) >= 11 is 4.22. The molecule has 0 aromatic carbocycles. The molecule has 0 fully saturated rings. The van der Waals surface area contributed by atoms with Crippen LogP contribution < -0.4 is 10.6 Å². The van der Waals surface area contributed by atoms with Crippen LogP contribution >= 0.6 is 22.5 Å². The Bertz CT molecular complexity index is 401. The molecule has 0 bridgehead atoms. The average molecular weight is 437 g/mol. The molecule has 0 spiro atoms. The summed E-state index contributed by atoms with van der Waals surface area (Å²) in [6.45, 7) is 11.8. The third kappa shape index (κ3) is 23.6. The van der Waals surface area contributed by atoms with E-state index >= 15 is 0 Å². The number of nitrogens with one attached hydrogen (secondary N) is 2. The standard InChI is InChI=1S/C18H34N2O4S2.C2H6/c1-16(2)6-4-10-20-17(21)8-11-22-12-13-23-14-15-24-18(26-25)7-5-9-19-3;1-2/h16,18-19,25H,5,7-15H2,1-3H3,(H,20,21);1-2H3. The number of carbonyl (C=O) groups excluding carboxylic acids is 1. The highest BCUT2D eigenvalue weighted by Crippen LogP contribution is 2.20. The lowest BCUT2D eigenvalue weighted by atomic mass is 10.2. The van der Waals surface area contributed by atoms with Crippen molar-refractivity contribution in [1.29, 1.82) is 0 Å². The Balaban J connectivity index is 0. The minimum Gasteiger partial charge on any atom is -0.379 e. The van der Waals surface area contributed by atoms with E-state index < -0.39 is 0 Å². The molecule has 1 atom stereocenters. The van der Waals surface area contributed by atoms with Crippen molar-refractivity contribution >= 4 is 28.4 Å². The summed E-state index contributed by atoms with van der Waals surface area (Å²) in [6, 6.07) is 0. The highest BCUT2D eigenvalue weighted by atomic mass is 33.1. The fraction of sp³-hybridized carbons (Fsp3) is 0.850. The first-order chi connectivity index (χ1) is 13.6. The minimum absolute atomic E-state index is 0.0501. The zero-order valence-electron chi connectivity index (χ0n) is 18.2. The van der Waals surface area contributed by atoms with E-state index in [4.69, 9.17) is 14.2 Å². The van der Waals surface area contributed by atoms with Crippen LogP contribution in [0.1, 0.15) is 47.0 Å². The quantitative estimate of drug-likeness (QED) is 0.114. The van der Waals surface area contributed by atoms with E-state index in [1.54, 1.807) is 0 Å². The van der Waals surface area contributed by atoms with Gasteiger partial charge in [0.25, 0.3) is 0 Å². The van der Waals surface area contributed by atoms with Crippen molar-refractivity contribution in [3.8, 4) is 11.8 Å². The molecule has 0 aromatic rings. The predicted octanol–water partition coefficient (Wildman–Crippen LogP) is 3.13. The first-order valence-corrected chi connectivity index (χ1v) is 12.0. The van der Waals surface area contributed by atoms with Crippen molar-refractivity contribution in [1.82, 2.24) is 10.6 Å². The van der Waals surface area contributed by atoms with Gasteiger partial charge in [-0.1, -0.05) is 50.3 Å². The molecule has 0 aliphatic carbocycles. The van der Waals surface area contributed by atoms with Gasteiger partial charge in [-0.15, -0.1) is 11.7 Å². The maximum absolute atomic E-state index is 11.5. The summed E-state index contributed by atoms with van der Waals surface area (Å²) in [7, 11) is 3.36. The SMILES string of the molecule is CC.CNCCCC(OCCOCCOCCC(=O)NCC#CC(C)C)SS. The lowest BCUT2D eigenvalue weighted by molar-refractivity contribution is -0.122. The molecule has 0 aromatic heterocycles. The van der Waals surface area contributed by atoms with Gasteiger partial charge in [0.05, 0.1) is 39.6 Å². The van der Waals surface area contributed by atoms with Crippen LogP contribution in [0.3, 0.4) is 0 Å². The molecule has 0 aliphatic heterocycles. The molecule has 0 saturated carbocycles. The molecule has 0 heterocycles. The summed E-state index contributed by atoms with van der Waals surface area (Å²) in [5.41, 5.74) is 0.0928. The van der Waals surface area contributed by atoms with Gasteiger partial charge < -0.3 is 24.8 Å². The van der Waals surface area contributed by atoms with Crippen LogP contribution in [0.5, 0.6) is 0 Å².